The van der Waals surface area contributed by atoms with Crippen molar-refractivity contribution in [1.82, 2.24) is 0 Å². The molecular weight excluding hydrogens is 775 g/mol. The summed E-state index contributed by atoms with van der Waals surface area (Å²) in [5.41, 5.74) is 0. The molecule has 0 saturated heterocycles. The van der Waals surface area contributed by atoms with Gasteiger partial charge in [0.25, 0.3) is 0 Å². The first-order valence-corrected chi connectivity index (χ1v) is 26.7. The molecule has 0 spiro atoms. The molecule has 2 unspecified atom stereocenters. The molecule has 8 heteroatoms. The van der Waals surface area contributed by atoms with Crippen molar-refractivity contribution < 1.29 is 38.2 Å². The van der Waals surface area contributed by atoms with Crippen molar-refractivity contribution in [3.63, 3.8) is 0 Å². The number of likely N-dealkylation sites (N-methyl/N-ethyl adjacent to an activating group) is 1. The number of carboxylic acid groups (broad SMARTS) is 1. The van der Waals surface area contributed by atoms with E-state index < -0.39 is 18.1 Å². The van der Waals surface area contributed by atoms with Gasteiger partial charge in [0.2, 0.25) is 0 Å². The second kappa shape index (κ2) is 45.6. The predicted octanol–water partition coefficient (Wildman–Crippen LogP) is 14.1. The van der Waals surface area contributed by atoms with Crippen molar-refractivity contribution in [2.45, 2.75) is 276 Å². The van der Waals surface area contributed by atoms with Gasteiger partial charge in [-0.1, -0.05) is 219 Å². The van der Waals surface area contributed by atoms with E-state index in [2.05, 4.69) is 26.0 Å². The Labute approximate surface area is 384 Å². The molecule has 0 N–H and O–H groups in total. The lowest BCUT2D eigenvalue weighted by Crippen LogP contribution is -2.55. The molecule has 62 heavy (non-hydrogen) atoms. The zero-order chi connectivity index (χ0) is 45.6. The summed E-state index contributed by atoms with van der Waals surface area (Å²) in [6.07, 6.45) is 51.0. The van der Waals surface area contributed by atoms with Gasteiger partial charge < -0.3 is 28.6 Å². The van der Waals surface area contributed by atoms with Gasteiger partial charge >= 0.3 is 11.9 Å². The van der Waals surface area contributed by atoms with Crippen molar-refractivity contribution >= 4 is 17.9 Å². The number of hydrogen-bond acceptors (Lipinski definition) is 7. The first-order chi connectivity index (χ1) is 30.1. The normalized spacial score (nSPS) is 12.9. The van der Waals surface area contributed by atoms with E-state index in [0.29, 0.717) is 12.8 Å². The monoisotopic (exact) mass is 878 g/mol. The van der Waals surface area contributed by atoms with Gasteiger partial charge in [-0.05, 0) is 38.5 Å². The van der Waals surface area contributed by atoms with Crippen LogP contribution in [0.15, 0.2) is 12.2 Å². The minimum absolute atomic E-state index is 0.0458. The highest BCUT2D eigenvalue weighted by Crippen LogP contribution is 2.17. The maximum absolute atomic E-state index is 12.8. The van der Waals surface area contributed by atoms with Crippen molar-refractivity contribution in [2.24, 2.45) is 0 Å². The van der Waals surface area contributed by atoms with Crippen molar-refractivity contribution in [3.8, 4) is 0 Å². The molecule has 2 atom stereocenters. The second-order valence-corrected chi connectivity index (χ2v) is 19.5. The van der Waals surface area contributed by atoms with E-state index >= 15 is 0 Å². The fourth-order valence-corrected chi connectivity index (χ4v) is 8.25. The number of allylic oxidation sites excluding steroid dienone is 2. The smallest absolute Gasteiger partial charge is 0.306 e. The molecule has 0 fully saturated rings. The summed E-state index contributed by atoms with van der Waals surface area (Å²) in [5.74, 6) is -1.72. The first-order valence-electron chi connectivity index (χ1n) is 26.7. The molecule has 0 amide bonds. The van der Waals surface area contributed by atoms with Gasteiger partial charge in [0.1, 0.15) is 12.6 Å². The van der Waals surface area contributed by atoms with E-state index in [1.54, 1.807) is 0 Å². The highest BCUT2D eigenvalue weighted by molar-refractivity contribution is 5.70. The topological polar surface area (TPSA) is 102 Å². The van der Waals surface area contributed by atoms with E-state index in [-0.39, 0.29) is 42.7 Å². The standard InChI is InChI=1S/C54H103NO7/c1-6-8-10-12-14-16-18-20-22-24-26-27-29-30-32-34-36-38-40-42-44-52(56)61-49-50(48-60-47-46-51(54(58)59)55(3,4)5)62-53(57)45-43-41-39-37-35-33-31-28-25-23-21-19-17-15-13-11-9-7-2/h26-27,50-51H,6-25,28-49H2,1-5H3/b27-26+. The zero-order valence-electron chi connectivity index (χ0n) is 41.8. The summed E-state index contributed by atoms with van der Waals surface area (Å²) in [6, 6.07) is -0.723. The number of aliphatic carboxylic acids is 1. The Hall–Kier alpha value is -1.93. The molecule has 8 nitrogen and oxygen atoms in total. The summed E-state index contributed by atoms with van der Waals surface area (Å²) in [5, 5.41) is 11.7. The van der Waals surface area contributed by atoms with Crippen molar-refractivity contribution in [2.75, 3.05) is 41.0 Å². The maximum Gasteiger partial charge on any atom is 0.306 e. The molecule has 0 aromatic carbocycles. The Kier molecular flexibility index (Phi) is 44.2. The van der Waals surface area contributed by atoms with Gasteiger partial charge in [-0.25, -0.2) is 0 Å². The number of ether oxygens (including phenoxy) is 3. The Morgan fingerprint density at radius 2 is 0.806 bits per heavy atom. The molecule has 0 rings (SSSR count). The lowest BCUT2D eigenvalue weighted by atomic mass is 10.0. The van der Waals surface area contributed by atoms with Crippen molar-refractivity contribution in [3.05, 3.63) is 12.2 Å². The highest BCUT2D eigenvalue weighted by Gasteiger charge is 2.25. The van der Waals surface area contributed by atoms with Crippen LogP contribution in [0, 0.1) is 0 Å². The average Bonchev–Trinajstić information content (AvgIpc) is 3.23. The number of esters is 2. The Bertz CT molecular complexity index is 1020. The number of quaternary nitrogens is 1. The molecule has 0 aromatic rings. The SMILES string of the molecule is CCCCCCCCCCC/C=C/CCCCCCCCCC(=O)OCC(COCCC(C(=O)[O-])[N+](C)(C)C)OC(=O)CCCCCCCCCCCCCCCCCCCC. The van der Waals surface area contributed by atoms with Gasteiger partial charge in [0, 0.05) is 19.3 Å². The third kappa shape index (κ3) is 43.3. The molecule has 0 aliphatic heterocycles. The van der Waals surface area contributed by atoms with E-state index in [0.717, 1.165) is 38.5 Å². The fraction of sp³-hybridized carbons (Fsp3) is 0.907. The molecule has 0 aliphatic carbocycles. The minimum Gasteiger partial charge on any atom is -0.544 e. The van der Waals surface area contributed by atoms with Crippen LogP contribution in [0.2, 0.25) is 0 Å². The molecule has 0 aliphatic rings. The molecular formula is C54H103NO7. The summed E-state index contributed by atoms with van der Waals surface area (Å²) in [6.45, 7) is 4.71. The lowest BCUT2D eigenvalue weighted by Gasteiger charge is -2.34. The van der Waals surface area contributed by atoms with Crippen LogP contribution in [0.1, 0.15) is 264 Å². The largest absolute Gasteiger partial charge is 0.544 e. The number of nitrogens with zero attached hydrogens (tertiary/aromatic N) is 1. The zero-order valence-corrected chi connectivity index (χ0v) is 41.8. The fourth-order valence-electron chi connectivity index (χ4n) is 8.25. The molecule has 0 radical (unpaired) electrons. The van der Waals surface area contributed by atoms with Crippen LogP contribution in [0.4, 0.5) is 0 Å². The van der Waals surface area contributed by atoms with E-state index in [4.69, 9.17) is 14.2 Å². The maximum atomic E-state index is 12.8. The minimum atomic E-state index is -1.12. The van der Waals surface area contributed by atoms with E-state index in [1.165, 1.54) is 193 Å². The van der Waals surface area contributed by atoms with Gasteiger partial charge in [0.05, 0.1) is 40.3 Å². The van der Waals surface area contributed by atoms with E-state index in [9.17, 15) is 19.5 Å². The average molecular weight is 878 g/mol. The molecule has 0 heterocycles. The van der Waals surface area contributed by atoms with Crippen molar-refractivity contribution in [1.29, 1.82) is 0 Å². The quantitative estimate of drug-likeness (QED) is 0.0260. The first kappa shape index (κ1) is 60.1. The second-order valence-electron chi connectivity index (χ2n) is 19.5. The summed E-state index contributed by atoms with van der Waals surface area (Å²) in [7, 11) is 5.43. The number of hydrogen-bond donors (Lipinski definition) is 0. The van der Waals surface area contributed by atoms with Crippen LogP contribution < -0.4 is 5.11 Å². The Morgan fingerprint density at radius 1 is 0.468 bits per heavy atom. The van der Waals surface area contributed by atoms with Gasteiger partial charge in [-0.2, -0.15) is 0 Å². The van der Waals surface area contributed by atoms with Crippen LogP contribution in [0.5, 0.6) is 0 Å². The number of rotatable bonds is 49. The summed E-state index contributed by atoms with van der Waals surface area (Å²) in [4.78, 5) is 37.1. The number of carbonyl (C=O) groups is 3. The third-order valence-corrected chi connectivity index (χ3v) is 12.4. The van der Waals surface area contributed by atoms with E-state index in [1.807, 2.05) is 21.1 Å². The number of carbonyl (C=O) groups excluding carboxylic acids is 3. The molecule has 366 valence electrons. The Morgan fingerprint density at radius 3 is 1.16 bits per heavy atom. The van der Waals surface area contributed by atoms with Crippen LogP contribution in [-0.4, -0.2) is 75.5 Å². The number of unbranched alkanes of at least 4 members (excludes halogenated alkanes) is 33. The van der Waals surface area contributed by atoms with Crippen LogP contribution >= 0.6 is 0 Å². The number of carboxylic acids is 1. The molecule has 0 saturated carbocycles. The van der Waals surface area contributed by atoms with Gasteiger partial charge in [-0.15, -0.1) is 0 Å². The Balaban J connectivity index is 4.19. The van der Waals surface area contributed by atoms with Gasteiger partial charge in [0.15, 0.2) is 6.10 Å². The highest BCUT2D eigenvalue weighted by atomic mass is 16.6. The summed E-state index contributed by atoms with van der Waals surface area (Å²) >= 11 is 0. The molecule has 0 bridgehead atoms. The van der Waals surface area contributed by atoms with Crippen LogP contribution in [-0.2, 0) is 28.6 Å². The third-order valence-electron chi connectivity index (χ3n) is 12.4. The predicted molar refractivity (Wildman–Crippen MR) is 259 cm³/mol. The van der Waals surface area contributed by atoms with Crippen LogP contribution in [0.25, 0.3) is 0 Å². The molecule has 0 aromatic heterocycles. The van der Waals surface area contributed by atoms with Gasteiger partial charge in [-0.3, -0.25) is 9.59 Å². The lowest BCUT2D eigenvalue weighted by molar-refractivity contribution is -0.889. The summed E-state index contributed by atoms with van der Waals surface area (Å²) < 4.78 is 17.3. The van der Waals surface area contributed by atoms with Crippen LogP contribution in [0.3, 0.4) is 0 Å².